The van der Waals surface area contributed by atoms with E-state index in [9.17, 15) is 0 Å². The molecule has 7 heteroatoms. The fourth-order valence-corrected chi connectivity index (χ4v) is 0.959. The third kappa shape index (κ3) is 1.25. The lowest BCUT2D eigenvalue weighted by molar-refractivity contribution is 0.432. The van der Waals surface area contributed by atoms with Crippen molar-refractivity contribution in [3.05, 3.63) is 12.5 Å². The van der Waals surface area contributed by atoms with E-state index in [0.717, 1.165) is 5.69 Å². The number of anilines is 1. The maximum atomic E-state index is 5.09. The van der Waals surface area contributed by atoms with Crippen LogP contribution in [0.3, 0.4) is 0 Å². The average molecular weight is 180 g/mol. The summed E-state index contributed by atoms with van der Waals surface area (Å²) in [5, 5.41) is 3.70. The topological polar surface area (TPSA) is 94.8 Å². The van der Waals surface area contributed by atoms with Crippen LogP contribution < -0.4 is 11.3 Å². The van der Waals surface area contributed by atoms with Gasteiger partial charge in [-0.15, -0.1) is 0 Å². The molecule has 68 valence electrons. The Balaban J connectivity index is 2.41. The Kier molecular flexibility index (Phi) is 1.71. The van der Waals surface area contributed by atoms with Crippen LogP contribution in [0.4, 0.5) is 6.01 Å². The molecule has 0 amide bonds. The largest absolute Gasteiger partial charge is 0.335 e. The summed E-state index contributed by atoms with van der Waals surface area (Å²) in [4.78, 5) is 7.88. The second-order valence-corrected chi connectivity index (χ2v) is 2.46. The van der Waals surface area contributed by atoms with E-state index in [1.165, 1.54) is 0 Å². The van der Waals surface area contributed by atoms with Gasteiger partial charge in [-0.3, -0.25) is 5.43 Å². The molecule has 3 N–H and O–H groups in total. The van der Waals surface area contributed by atoms with Crippen molar-refractivity contribution >= 4 is 6.01 Å². The van der Waals surface area contributed by atoms with E-state index in [0.29, 0.717) is 5.82 Å². The van der Waals surface area contributed by atoms with Gasteiger partial charge in [0.2, 0.25) is 5.82 Å². The summed E-state index contributed by atoms with van der Waals surface area (Å²) in [6, 6.07) is 0.177. The summed E-state index contributed by atoms with van der Waals surface area (Å²) < 4.78 is 6.54. The van der Waals surface area contributed by atoms with Crippen LogP contribution in [-0.4, -0.2) is 19.7 Å². The van der Waals surface area contributed by atoms with Crippen molar-refractivity contribution in [2.24, 2.45) is 12.9 Å². The molecule has 7 nitrogen and oxygen atoms in total. The molecule has 0 aliphatic rings. The number of nitrogens with zero attached hydrogens (tertiary/aromatic N) is 4. The molecule has 0 unspecified atom stereocenters. The number of hydrogen-bond acceptors (Lipinski definition) is 6. The molecule has 0 aliphatic carbocycles. The van der Waals surface area contributed by atoms with Crippen molar-refractivity contribution in [1.82, 2.24) is 19.7 Å². The van der Waals surface area contributed by atoms with Crippen LogP contribution >= 0.6 is 0 Å². The van der Waals surface area contributed by atoms with Crippen molar-refractivity contribution in [3.63, 3.8) is 0 Å². The van der Waals surface area contributed by atoms with E-state index >= 15 is 0 Å². The molecule has 2 heterocycles. The summed E-state index contributed by atoms with van der Waals surface area (Å²) in [6.45, 7) is 0. The van der Waals surface area contributed by atoms with E-state index in [2.05, 4.69) is 20.6 Å². The molecule has 0 bridgehead atoms. The minimum absolute atomic E-state index is 0.177. The maximum absolute atomic E-state index is 5.09. The normalized spacial score (nSPS) is 10.3. The van der Waals surface area contributed by atoms with E-state index in [1.54, 1.807) is 17.1 Å². The van der Waals surface area contributed by atoms with E-state index in [4.69, 9.17) is 10.4 Å². The lowest BCUT2D eigenvalue weighted by atomic mass is 10.4. The number of nitrogens with one attached hydrogen (secondary N) is 1. The van der Waals surface area contributed by atoms with Crippen LogP contribution in [0.15, 0.2) is 17.0 Å². The molecule has 0 atom stereocenters. The summed E-state index contributed by atoms with van der Waals surface area (Å²) in [7, 11) is 1.84. The van der Waals surface area contributed by atoms with Crippen molar-refractivity contribution < 1.29 is 4.52 Å². The highest BCUT2D eigenvalue weighted by atomic mass is 16.5. The Bertz CT molecular complexity index is 405. The first-order valence-corrected chi connectivity index (χ1v) is 3.58. The molecule has 0 saturated heterocycles. The molecule has 0 radical (unpaired) electrons. The van der Waals surface area contributed by atoms with Crippen LogP contribution in [0, 0.1) is 0 Å². The van der Waals surface area contributed by atoms with Gasteiger partial charge in [0.05, 0.1) is 12.5 Å². The minimum atomic E-state index is 0.177. The van der Waals surface area contributed by atoms with Crippen LogP contribution in [0.1, 0.15) is 0 Å². The highest BCUT2D eigenvalue weighted by Gasteiger charge is 2.09. The van der Waals surface area contributed by atoms with Crippen LogP contribution in [0.25, 0.3) is 11.5 Å². The zero-order valence-corrected chi connectivity index (χ0v) is 6.93. The molecular weight excluding hydrogens is 172 g/mol. The number of imidazole rings is 1. The molecule has 2 aromatic rings. The van der Waals surface area contributed by atoms with Crippen molar-refractivity contribution in [1.29, 1.82) is 0 Å². The Morgan fingerprint density at radius 1 is 1.62 bits per heavy atom. The number of nitrogen functional groups attached to an aromatic ring is 1. The summed E-state index contributed by atoms with van der Waals surface area (Å²) in [6.07, 6.45) is 3.30. The first-order valence-electron chi connectivity index (χ1n) is 3.58. The Morgan fingerprint density at radius 2 is 2.46 bits per heavy atom. The molecule has 2 rings (SSSR count). The highest BCUT2D eigenvalue weighted by Crippen LogP contribution is 2.14. The minimum Gasteiger partial charge on any atom is -0.331 e. The van der Waals surface area contributed by atoms with E-state index in [-0.39, 0.29) is 6.01 Å². The van der Waals surface area contributed by atoms with Gasteiger partial charge in [0.25, 0.3) is 0 Å². The van der Waals surface area contributed by atoms with Crippen molar-refractivity contribution in [2.75, 3.05) is 5.43 Å². The SMILES string of the molecule is Cn1cncc1-c1noc(NN)n1. The van der Waals surface area contributed by atoms with Crippen LogP contribution in [0.2, 0.25) is 0 Å². The lowest BCUT2D eigenvalue weighted by Gasteiger charge is -1.92. The number of aromatic nitrogens is 4. The van der Waals surface area contributed by atoms with Gasteiger partial charge >= 0.3 is 6.01 Å². The van der Waals surface area contributed by atoms with Gasteiger partial charge in [-0.2, -0.15) is 4.98 Å². The first-order chi connectivity index (χ1) is 6.31. The van der Waals surface area contributed by atoms with E-state index in [1.807, 2.05) is 7.05 Å². The quantitative estimate of drug-likeness (QED) is 0.489. The summed E-state index contributed by atoms with van der Waals surface area (Å²) in [5.74, 6) is 5.54. The maximum Gasteiger partial charge on any atom is 0.335 e. The zero-order valence-electron chi connectivity index (χ0n) is 6.93. The average Bonchev–Trinajstić information content (AvgIpc) is 2.71. The van der Waals surface area contributed by atoms with Crippen molar-refractivity contribution in [2.45, 2.75) is 0 Å². The Hall–Kier alpha value is -1.89. The Morgan fingerprint density at radius 3 is 3.00 bits per heavy atom. The van der Waals surface area contributed by atoms with Gasteiger partial charge in [0.15, 0.2) is 0 Å². The number of hydrazine groups is 1. The molecule has 0 fully saturated rings. The molecule has 0 aromatic carbocycles. The molecule has 13 heavy (non-hydrogen) atoms. The van der Waals surface area contributed by atoms with Gasteiger partial charge in [-0.1, -0.05) is 5.16 Å². The Labute approximate surface area is 73.5 Å². The molecule has 0 aliphatic heterocycles. The fraction of sp³-hybridized carbons (Fsp3) is 0.167. The number of rotatable bonds is 2. The monoisotopic (exact) mass is 180 g/mol. The van der Waals surface area contributed by atoms with Gasteiger partial charge in [-0.25, -0.2) is 10.8 Å². The second kappa shape index (κ2) is 2.87. The molecular formula is C6H8N6O. The second-order valence-electron chi connectivity index (χ2n) is 2.46. The standard InChI is InChI=1S/C6H8N6O/c1-12-3-8-2-4(12)5-9-6(10-7)13-11-5/h2-3H,7H2,1H3,(H,9,10,11). The van der Waals surface area contributed by atoms with E-state index < -0.39 is 0 Å². The molecule has 2 aromatic heterocycles. The molecule has 0 spiro atoms. The highest BCUT2D eigenvalue weighted by molar-refractivity contribution is 5.48. The number of nitrogens with two attached hydrogens (primary N) is 1. The predicted molar refractivity (Wildman–Crippen MR) is 44.3 cm³/mol. The smallest absolute Gasteiger partial charge is 0.331 e. The predicted octanol–water partition coefficient (Wildman–Crippen LogP) is -0.244. The third-order valence-corrected chi connectivity index (χ3v) is 1.60. The first kappa shape index (κ1) is 7.74. The van der Waals surface area contributed by atoms with Gasteiger partial charge in [0.1, 0.15) is 5.69 Å². The zero-order chi connectivity index (χ0) is 9.26. The van der Waals surface area contributed by atoms with Gasteiger partial charge in [-0.05, 0) is 0 Å². The van der Waals surface area contributed by atoms with Crippen LogP contribution in [-0.2, 0) is 7.05 Å². The van der Waals surface area contributed by atoms with Gasteiger partial charge in [0, 0.05) is 7.05 Å². The summed E-state index contributed by atoms with van der Waals surface area (Å²) >= 11 is 0. The van der Waals surface area contributed by atoms with Gasteiger partial charge < -0.3 is 9.09 Å². The summed E-state index contributed by atoms with van der Waals surface area (Å²) in [5.41, 5.74) is 3.03. The van der Waals surface area contributed by atoms with Crippen molar-refractivity contribution in [3.8, 4) is 11.5 Å². The van der Waals surface area contributed by atoms with Crippen LogP contribution in [0.5, 0.6) is 0 Å². The number of aryl methyl sites for hydroxylation is 1. The number of hydrogen-bond donors (Lipinski definition) is 2. The fourth-order valence-electron chi connectivity index (χ4n) is 0.959. The molecule has 0 saturated carbocycles. The lowest BCUT2D eigenvalue weighted by Crippen LogP contribution is -2.06. The third-order valence-electron chi connectivity index (χ3n) is 1.60.